The van der Waals surface area contributed by atoms with Crippen molar-refractivity contribution in [2.45, 2.75) is 18.5 Å². The maximum absolute atomic E-state index is 4.44. The van der Waals surface area contributed by atoms with E-state index in [1.165, 1.54) is 11.8 Å². The largest absolute Gasteiger partial charge is 0.211 e. The van der Waals surface area contributed by atoms with Crippen LogP contribution in [0, 0.1) is 0 Å². The molecule has 0 aliphatic carbocycles. The molecule has 0 bridgehead atoms. The van der Waals surface area contributed by atoms with Crippen LogP contribution in [-0.2, 0) is 6.42 Å². The Hall–Kier alpha value is -1.14. The first-order valence-electron chi connectivity index (χ1n) is 5.52. The second-order valence-electron chi connectivity index (χ2n) is 3.57. The van der Waals surface area contributed by atoms with E-state index < -0.39 is 0 Å². The molecule has 18 heavy (non-hydrogen) atoms. The summed E-state index contributed by atoms with van der Waals surface area (Å²) in [7, 11) is 0. The first-order valence-corrected chi connectivity index (χ1v) is 7.54. The van der Waals surface area contributed by atoms with Crippen molar-refractivity contribution < 1.29 is 0 Å². The highest BCUT2D eigenvalue weighted by atomic mass is 79.9. The molecule has 0 saturated heterocycles. The Bertz CT molecular complexity index is 543. The molecule has 0 aliphatic heterocycles. The van der Waals surface area contributed by atoms with Gasteiger partial charge in [-0.2, -0.15) is 9.78 Å². The average molecular weight is 325 g/mol. The van der Waals surface area contributed by atoms with Gasteiger partial charge < -0.3 is 0 Å². The van der Waals surface area contributed by atoms with Crippen molar-refractivity contribution in [1.29, 1.82) is 0 Å². The number of hydrogen-bond acceptors (Lipinski definition) is 4. The number of aryl methyl sites for hydroxylation is 1. The Labute approximate surface area is 119 Å². The quantitative estimate of drug-likeness (QED) is 0.640. The van der Waals surface area contributed by atoms with E-state index in [1.807, 2.05) is 43.7 Å². The van der Waals surface area contributed by atoms with Crippen molar-refractivity contribution in [1.82, 2.24) is 14.9 Å². The van der Waals surface area contributed by atoms with Gasteiger partial charge in [0.1, 0.15) is 0 Å². The fourth-order valence-electron chi connectivity index (χ4n) is 1.47. The molecule has 0 spiro atoms. The van der Waals surface area contributed by atoms with Gasteiger partial charge in [0.25, 0.3) is 0 Å². The third-order valence-electron chi connectivity index (χ3n) is 2.35. The number of thioether (sulfide) groups is 1. The molecular formula is C12H13BrN4S. The highest BCUT2D eigenvalue weighted by Crippen LogP contribution is 2.14. The molecule has 0 radical (unpaired) electrons. The summed E-state index contributed by atoms with van der Waals surface area (Å²) in [6.07, 6.45) is 4.59. The van der Waals surface area contributed by atoms with Gasteiger partial charge in [0, 0.05) is 10.9 Å². The van der Waals surface area contributed by atoms with Crippen molar-refractivity contribution in [2.24, 2.45) is 5.10 Å². The molecule has 0 N–H and O–H groups in total. The molecule has 1 heterocycles. The molecule has 2 aromatic rings. The second-order valence-corrected chi connectivity index (χ2v) is 5.26. The first kappa shape index (κ1) is 13.3. The summed E-state index contributed by atoms with van der Waals surface area (Å²) < 4.78 is 2.82. The van der Waals surface area contributed by atoms with Gasteiger partial charge in [-0.05, 0) is 24.0 Å². The first-order chi connectivity index (χ1) is 8.74. The van der Waals surface area contributed by atoms with Crippen LogP contribution in [0.25, 0.3) is 0 Å². The van der Waals surface area contributed by atoms with Gasteiger partial charge in [0.05, 0.1) is 6.21 Å². The Kier molecular flexibility index (Phi) is 4.54. The zero-order chi connectivity index (χ0) is 13.0. The predicted molar refractivity (Wildman–Crippen MR) is 78.3 cm³/mol. The van der Waals surface area contributed by atoms with Crippen molar-refractivity contribution in [3.05, 3.63) is 40.1 Å². The van der Waals surface area contributed by atoms with Crippen LogP contribution in [0.2, 0.25) is 0 Å². The molecule has 6 heteroatoms. The summed E-state index contributed by atoms with van der Waals surface area (Å²) in [4.78, 5) is 0. The van der Waals surface area contributed by atoms with Crippen LogP contribution >= 0.6 is 27.7 Å². The van der Waals surface area contributed by atoms with E-state index in [9.17, 15) is 0 Å². The summed E-state index contributed by atoms with van der Waals surface area (Å²) in [5.74, 6) is 0.866. The Morgan fingerprint density at radius 1 is 1.44 bits per heavy atom. The standard InChI is InChI=1S/C12H13BrN4S/c1-3-11-15-16-12(18-2)17(11)14-8-9-5-4-6-10(13)7-9/h4-8H,3H2,1-2H3/b14-8-. The molecule has 0 fully saturated rings. The van der Waals surface area contributed by atoms with Gasteiger partial charge in [0.2, 0.25) is 5.16 Å². The lowest BCUT2D eigenvalue weighted by Gasteiger charge is -2.00. The predicted octanol–water partition coefficient (Wildman–Crippen LogP) is 3.21. The van der Waals surface area contributed by atoms with Crippen LogP contribution in [0.15, 0.2) is 39.0 Å². The normalized spacial score (nSPS) is 11.3. The van der Waals surface area contributed by atoms with Gasteiger partial charge in [-0.3, -0.25) is 0 Å². The fourth-order valence-corrected chi connectivity index (χ4v) is 2.34. The number of rotatable bonds is 4. The lowest BCUT2D eigenvalue weighted by molar-refractivity contribution is 0.723. The Morgan fingerprint density at radius 2 is 2.28 bits per heavy atom. The van der Waals surface area contributed by atoms with Crippen LogP contribution in [0.1, 0.15) is 18.3 Å². The van der Waals surface area contributed by atoms with E-state index in [2.05, 4.69) is 31.2 Å². The molecule has 0 amide bonds. The maximum atomic E-state index is 4.44. The molecule has 0 aliphatic rings. The van der Waals surface area contributed by atoms with Gasteiger partial charge in [0.15, 0.2) is 5.82 Å². The maximum Gasteiger partial charge on any atom is 0.211 e. The van der Waals surface area contributed by atoms with Gasteiger partial charge in [-0.15, -0.1) is 10.2 Å². The van der Waals surface area contributed by atoms with Gasteiger partial charge in [-0.25, -0.2) is 0 Å². The second kappa shape index (κ2) is 6.15. The van der Waals surface area contributed by atoms with E-state index >= 15 is 0 Å². The highest BCUT2D eigenvalue weighted by molar-refractivity contribution is 9.10. The molecule has 1 aromatic heterocycles. The van der Waals surface area contributed by atoms with Crippen molar-refractivity contribution >= 4 is 33.9 Å². The fraction of sp³-hybridized carbons (Fsp3) is 0.250. The number of hydrogen-bond donors (Lipinski definition) is 0. The third-order valence-corrected chi connectivity index (χ3v) is 3.46. The molecule has 1 aromatic carbocycles. The minimum atomic E-state index is 0.804. The van der Waals surface area contributed by atoms with Crippen LogP contribution in [0.3, 0.4) is 0 Å². The number of nitrogens with zero attached hydrogens (tertiary/aromatic N) is 4. The SMILES string of the molecule is CCc1nnc(SC)n1/N=C\c1cccc(Br)c1. The summed E-state index contributed by atoms with van der Waals surface area (Å²) >= 11 is 4.98. The molecule has 94 valence electrons. The molecule has 0 saturated carbocycles. The number of halogens is 1. The van der Waals surface area contributed by atoms with E-state index in [0.29, 0.717) is 0 Å². The zero-order valence-corrected chi connectivity index (χ0v) is 12.6. The van der Waals surface area contributed by atoms with Crippen LogP contribution in [-0.4, -0.2) is 27.3 Å². The number of aromatic nitrogens is 3. The van der Waals surface area contributed by atoms with Crippen molar-refractivity contribution in [3.63, 3.8) is 0 Å². The van der Waals surface area contributed by atoms with E-state index in [-0.39, 0.29) is 0 Å². The molecule has 2 rings (SSSR count). The molecule has 0 atom stereocenters. The van der Waals surface area contributed by atoms with E-state index in [4.69, 9.17) is 0 Å². The molecule has 0 unspecified atom stereocenters. The monoisotopic (exact) mass is 324 g/mol. The Balaban J connectivity index is 2.30. The Morgan fingerprint density at radius 3 is 2.94 bits per heavy atom. The smallest absolute Gasteiger partial charge is 0.192 e. The highest BCUT2D eigenvalue weighted by Gasteiger charge is 2.07. The lowest BCUT2D eigenvalue weighted by Crippen LogP contribution is -1.98. The lowest BCUT2D eigenvalue weighted by atomic mass is 10.2. The topological polar surface area (TPSA) is 43.1 Å². The van der Waals surface area contributed by atoms with E-state index in [1.54, 1.807) is 4.68 Å². The summed E-state index contributed by atoms with van der Waals surface area (Å²) in [5, 5.41) is 13.4. The van der Waals surface area contributed by atoms with Crippen molar-refractivity contribution in [3.8, 4) is 0 Å². The van der Waals surface area contributed by atoms with Crippen LogP contribution in [0.5, 0.6) is 0 Å². The average Bonchev–Trinajstić information content (AvgIpc) is 2.78. The minimum absolute atomic E-state index is 0.804. The minimum Gasteiger partial charge on any atom is -0.192 e. The van der Waals surface area contributed by atoms with Crippen LogP contribution < -0.4 is 0 Å². The summed E-state index contributed by atoms with van der Waals surface area (Å²) in [6.45, 7) is 2.04. The van der Waals surface area contributed by atoms with Gasteiger partial charge in [-0.1, -0.05) is 46.7 Å². The zero-order valence-electron chi connectivity index (χ0n) is 10.2. The molecular weight excluding hydrogens is 312 g/mol. The van der Waals surface area contributed by atoms with Crippen molar-refractivity contribution in [2.75, 3.05) is 6.26 Å². The third kappa shape index (κ3) is 3.00. The van der Waals surface area contributed by atoms with E-state index in [0.717, 1.165) is 27.4 Å². The van der Waals surface area contributed by atoms with Gasteiger partial charge >= 0.3 is 0 Å². The number of benzene rings is 1. The summed E-state index contributed by atoms with van der Waals surface area (Å²) in [6, 6.07) is 7.98. The van der Waals surface area contributed by atoms with Crippen LogP contribution in [0.4, 0.5) is 0 Å². The molecule has 4 nitrogen and oxygen atoms in total. The summed E-state index contributed by atoms with van der Waals surface area (Å²) in [5.41, 5.74) is 1.03.